The van der Waals surface area contributed by atoms with Crippen LogP contribution in [0.1, 0.15) is 39.9 Å². The highest BCUT2D eigenvalue weighted by atomic mass is 35.5. The van der Waals surface area contributed by atoms with Crippen molar-refractivity contribution < 1.29 is 4.79 Å². The molecule has 29 heavy (non-hydrogen) atoms. The zero-order valence-corrected chi connectivity index (χ0v) is 18.0. The van der Waals surface area contributed by atoms with Crippen molar-refractivity contribution in [1.29, 1.82) is 0 Å². The molecule has 1 unspecified atom stereocenters. The first-order valence-electron chi connectivity index (χ1n) is 9.36. The van der Waals surface area contributed by atoms with Gasteiger partial charge in [-0.3, -0.25) is 4.79 Å². The van der Waals surface area contributed by atoms with Crippen molar-refractivity contribution in [2.24, 2.45) is 0 Å². The number of hydrogen-bond acceptors (Lipinski definition) is 7. The number of hydrogen-bond donors (Lipinski definition) is 0. The Hall–Kier alpha value is -2.58. The Morgan fingerprint density at radius 2 is 2.03 bits per heavy atom. The lowest BCUT2D eigenvalue weighted by Crippen LogP contribution is -2.31. The Kier molecular flexibility index (Phi) is 5.47. The summed E-state index contributed by atoms with van der Waals surface area (Å²) in [4.78, 5) is 26.9. The van der Waals surface area contributed by atoms with Crippen LogP contribution >= 0.6 is 23.1 Å². The lowest BCUT2D eigenvalue weighted by atomic mass is 9.99. The van der Waals surface area contributed by atoms with Crippen LogP contribution in [0.3, 0.4) is 0 Å². The minimum atomic E-state index is -0.128. The maximum Gasteiger partial charge on any atom is 0.268 e. The largest absolute Gasteiger partial charge is 0.347 e. The molecule has 2 aromatic heterocycles. The number of aromatic nitrogens is 4. The summed E-state index contributed by atoms with van der Waals surface area (Å²) < 4.78 is 3.92. The topological polar surface area (TPSA) is 75.1 Å². The summed E-state index contributed by atoms with van der Waals surface area (Å²) in [5, 5.41) is 4.67. The number of carbonyl (C=O) groups excluding carboxylic acids is 1. The molecule has 1 amide bonds. The molecule has 3 heterocycles. The van der Waals surface area contributed by atoms with Crippen LogP contribution in [-0.2, 0) is 0 Å². The number of anilines is 1. The number of amides is 1. The lowest BCUT2D eigenvalue weighted by Gasteiger charge is -2.26. The third-order valence-corrected chi connectivity index (χ3v) is 6.10. The minimum absolute atomic E-state index is 0.0351. The van der Waals surface area contributed by atoms with E-state index in [0.29, 0.717) is 28.1 Å². The van der Waals surface area contributed by atoms with Crippen molar-refractivity contribution in [2.45, 2.75) is 25.8 Å². The van der Waals surface area contributed by atoms with Crippen LogP contribution in [0.4, 0.5) is 5.95 Å². The van der Waals surface area contributed by atoms with Crippen molar-refractivity contribution in [1.82, 2.24) is 24.5 Å². The molecule has 4 rings (SSSR count). The summed E-state index contributed by atoms with van der Waals surface area (Å²) >= 11 is 7.21. The number of halogens is 1. The number of rotatable bonds is 4. The van der Waals surface area contributed by atoms with Gasteiger partial charge in [0, 0.05) is 37.4 Å². The van der Waals surface area contributed by atoms with E-state index < -0.39 is 0 Å². The van der Waals surface area contributed by atoms with E-state index in [1.54, 1.807) is 0 Å². The zero-order chi connectivity index (χ0) is 20.5. The second-order valence-electron chi connectivity index (χ2n) is 7.21. The molecule has 0 radical (unpaired) electrons. The van der Waals surface area contributed by atoms with Crippen LogP contribution < -0.4 is 4.90 Å². The van der Waals surface area contributed by atoms with Gasteiger partial charge in [-0.1, -0.05) is 28.2 Å². The van der Waals surface area contributed by atoms with Crippen LogP contribution in [0.2, 0.25) is 5.02 Å². The van der Waals surface area contributed by atoms with E-state index >= 15 is 0 Å². The SMILES string of the molecule is Cc1nnsc1C(=O)N1CCCC1c1nc(N(C)C)ncc1-c1ccc(Cl)cc1. The summed E-state index contributed by atoms with van der Waals surface area (Å²) in [5.74, 6) is 0.583. The van der Waals surface area contributed by atoms with Gasteiger partial charge in [0.1, 0.15) is 4.88 Å². The molecule has 0 aliphatic carbocycles. The molecule has 7 nitrogen and oxygen atoms in total. The fourth-order valence-corrected chi connectivity index (χ4v) is 4.30. The van der Waals surface area contributed by atoms with E-state index in [-0.39, 0.29) is 11.9 Å². The molecular weight excluding hydrogens is 408 g/mol. The fourth-order valence-electron chi connectivity index (χ4n) is 3.56. The fraction of sp³-hybridized carbons (Fsp3) is 0.350. The van der Waals surface area contributed by atoms with Gasteiger partial charge in [-0.05, 0) is 49.0 Å². The van der Waals surface area contributed by atoms with Crippen LogP contribution in [0.5, 0.6) is 0 Å². The quantitative estimate of drug-likeness (QED) is 0.625. The molecule has 0 spiro atoms. The first kappa shape index (κ1) is 19.7. The highest BCUT2D eigenvalue weighted by molar-refractivity contribution is 7.07. The average Bonchev–Trinajstić information content (AvgIpc) is 3.36. The first-order chi connectivity index (χ1) is 14.0. The Bertz CT molecular complexity index is 1040. The van der Waals surface area contributed by atoms with Gasteiger partial charge in [-0.15, -0.1) is 5.10 Å². The summed E-state index contributed by atoms with van der Waals surface area (Å²) in [7, 11) is 3.82. The third kappa shape index (κ3) is 3.82. The van der Waals surface area contributed by atoms with Crippen LogP contribution in [-0.4, -0.2) is 51.0 Å². The molecule has 1 aliphatic heterocycles. The molecule has 150 valence electrons. The van der Waals surface area contributed by atoms with E-state index in [1.165, 1.54) is 0 Å². The highest BCUT2D eigenvalue weighted by Gasteiger charge is 2.35. The molecule has 1 atom stereocenters. The van der Waals surface area contributed by atoms with Gasteiger partial charge in [0.15, 0.2) is 0 Å². The standard InChI is InChI=1S/C20H21ClN6OS/c1-12-18(29-25-24-12)19(28)27-10-4-5-16(27)17-15(11-22-20(23-17)26(2)3)13-6-8-14(21)9-7-13/h6-9,11,16H,4-5,10H2,1-3H3. The molecule has 0 saturated carbocycles. The number of nitrogens with zero attached hydrogens (tertiary/aromatic N) is 6. The monoisotopic (exact) mass is 428 g/mol. The number of likely N-dealkylation sites (tertiary alicyclic amines) is 1. The molecule has 1 fully saturated rings. The van der Waals surface area contributed by atoms with E-state index in [1.807, 2.05) is 61.3 Å². The minimum Gasteiger partial charge on any atom is -0.347 e. The average molecular weight is 429 g/mol. The summed E-state index contributed by atoms with van der Waals surface area (Å²) in [6.45, 7) is 2.50. The Balaban J connectivity index is 1.79. The summed E-state index contributed by atoms with van der Waals surface area (Å²) in [6.07, 6.45) is 3.60. The van der Waals surface area contributed by atoms with Gasteiger partial charge in [0.2, 0.25) is 5.95 Å². The van der Waals surface area contributed by atoms with Crippen molar-refractivity contribution in [2.75, 3.05) is 25.5 Å². The molecule has 0 N–H and O–H groups in total. The van der Waals surface area contributed by atoms with Crippen molar-refractivity contribution >= 4 is 35.0 Å². The maximum absolute atomic E-state index is 13.2. The van der Waals surface area contributed by atoms with Crippen molar-refractivity contribution in [3.63, 3.8) is 0 Å². The zero-order valence-electron chi connectivity index (χ0n) is 16.5. The molecule has 0 bridgehead atoms. The van der Waals surface area contributed by atoms with Gasteiger partial charge in [-0.2, -0.15) is 0 Å². The van der Waals surface area contributed by atoms with E-state index in [9.17, 15) is 4.79 Å². The van der Waals surface area contributed by atoms with E-state index in [2.05, 4.69) is 14.6 Å². The van der Waals surface area contributed by atoms with Crippen LogP contribution in [0.15, 0.2) is 30.5 Å². The van der Waals surface area contributed by atoms with Gasteiger partial charge in [0.05, 0.1) is 17.4 Å². The molecule has 1 saturated heterocycles. The number of benzene rings is 1. The summed E-state index contributed by atoms with van der Waals surface area (Å²) in [5.41, 5.74) is 3.41. The molecule has 1 aromatic carbocycles. The number of carbonyl (C=O) groups is 1. The van der Waals surface area contributed by atoms with Crippen LogP contribution in [0.25, 0.3) is 11.1 Å². The maximum atomic E-state index is 13.2. The molecular formula is C20H21ClN6OS. The van der Waals surface area contributed by atoms with Gasteiger partial charge >= 0.3 is 0 Å². The Morgan fingerprint density at radius 1 is 1.28 bits per heavy atom. The van der Waals surface area contributed by atoms with Crippen molar-refractivity contribution in [3.8, 4) is 11.1 Å². The van der Waals surface area contributed by atoms with E-state index in [4.69, 9.17) is 16.6 Å². The summed E-state index contributed by atoms with van der Waals surface area (Å²) in [6, 6.07) is 7.49. The smallest absolute Gasteiger partial charge is 0.268 e. The molecule has 3 aromatic rings. The third-order valence-electron chi connectivity index (χ3n) is 5.04. The van der Waals surface area contributed by atoms with Crippen LogP contribution in [0, 0.1) is 6.92 Å². The van der Waals surface area contributed by atoms with Gasteiger partial charge in [-0.25, -0.2) is 9.97 Å². The lowest BCUT2D eigenvalue weighted by molar-refractivity contribution is 0.0737. The van der Waals surface area contributed by atoms with Gasteiger partial charge in [0.25, 0.3) is 5.91 Å². The predicted octanol–water partition coefficient (Wildman–Crippen LogP) is 4.00. The second kappa shape index (κ2) is 8.04. The second-order valence-corrected chi connectivity index (χ2v) is 8.40. The highest BCUT2D eigenvalue weighted by Crippen LogP contribution is 2.38. The Labute approximate surface area is 178 Å². The first-order valence-corrected chi connectivity index (χ1v) is 10.5. The van der Waals surface area contributed by atoms with Gasteiger partial charge < -0.3 is 9.80 Å². The predicted molar refractivity (Wildman–Crippen MR) is 114 cm³/mol. The number of aryl methyl sites for hydroxylation is 1. The molecule has 9 heteroatoms. The molecule has 1 aliphatic rings. The van der Waals surface area contributed by atoms with Crippen molar-refractivity contribution in [3.05, 3.63) is 51.7 Å². The van der Waals surface area contributed by atoms with E-state index in [0.717, 1.165) is 41.2 Å². The Morgan fingerprint density at radius 3 is 2.69 bits per heavy atom. The normalized spacial score (nSPS) is 16.3.